The number of nitrogens with one attached hydrogen (secondary N) is 1. The number of aryl methyl sites for hydroxylation is 1. The summed E-state index contributed by atoms with van der Waals surface area (Å²) >= 11 is 5.92. The van der Waals surface area contributed by atoms with Gasteiger partial charge in [-0.05, 0) is 48.4 Å². The molecule has 3 aromatic rings. The Kier molecular flexibility index (Phi) is 4.16. The third kappa shape index (κ3) is 3.00. The lowest BCUT2D eigenvalue weighted by atomic mass is 10.1. The first kappa shape index (κ1) is 14.7. The van der Waals surface area contributed by atoms with Gasteiger partial charge in [0.25, 0.3) is 0 Å². The van der Waals surface area contributed by atoms with Gasteiger partial charge in [0, 0.05) is 28.8 Å². The fourth-order valence-corrected chi connectivity index (χ4v) is 2.60. The van der Waals surface area contributed by atoms with Crippen LogP contribution in [-0.2, 0) is 6.54 Å². The van der Waals surface area contributed by atoms with Crippen molar-refractivity contribution in [2.45, 2.75) is 13.5 Å². The molecule has 4 heteroatoms. The Labute approximate surface area is 134 Å². The molecule has 22 heavy (non-hydrogen) atoms. The molecule has 0 fully saturated rings. The molecule has 0 amide bonds. The molecule has 112 valence electrons. The monoisotopic (exact) mass is 312 g/mol. The van der Waals surface area contributed by atoms with E-state index in [2.05, 4.69) is 10.3 Å². The smallest absolute Gasteiger partial charge is 0.119 e. The highest BCUT2D eigenvalue weighted by Crippen LogP contribution is 2.29. The summed E-state index contributed by atoms with van der Waals surface area (Å²) in [6, 6.07) is 13.8. The van der Waals surface area contributed by atoms with Gasteiger partial charge in [0.1, 0.15) is 5.75 Å². The minimum Gasteiger partial charge on any atom is -0.497 e. The Morgan fingerprint density at radius 3 is 2.64 bits per heavy atom. The van der Waals surface area contributed by atoms with Crippen LogP contribution in [0.3, 0.4) is 0 Å². The summed E-state index contributed by atoms with van der Waals surface area (Å²) in [6.07, 6.45) is 1.83. The zero-order valence-electron chi connectivity index (χ0n) is 12.6. The number of nitrogens with zero attached hydrogens (tertiary/aromatic N) is 1. The molecule has 0 aliphatic rings. The average Bonchev–Trinajstić information content (AvgIpc) is 2.54. The van der Waals surface area contributed by atoms with Crippen LogP contribution in [0.15, 0.2) is 48.7 Å². The maximum Gasteiger partial charge on any atom is 0.119 e. The lowest BCUT2D eigenvalue weighted by molar-refractivity contribution is 0.415. The summed E-state index contributed by atoms with van der Waals surface area (Å²) in [5.41, 5.74) is 4.31. The van der Waals surface area contributed by atoms with E-state index < -0.39 is 0 Å². The molecular weight excluding hydrogens is 296 g/mol. The van der Waals surface area contributed by atoms with Crippen LogP contribution in [0.1, 0.15) is 11.1 Å². The first-order chi connectivity index (χ1) is 10.7. The van der Waals surface area contributed by atoms with Gasteiger partial charge in [-0.3, -0.25) is 4.98 Å². The van der Waals surface area contributed by atoms with E-state index in [4.69, 9.17) is 16.3 Å². The van der Waals surface area contributed by atoms with Gasteiger partial charge in [0.2, 0.25) is 0 Å². The number of halogens is 1. The predicted molar refractivity (Wildman–Crippen MR) is 91.8 cm³/mol. The van der Waals surface area contributed by atoms with E-state index >= 15 is 0 Å². The normalized spacial score (nSPS) is 10.7. The molecular formula is C18H17ClN2O. The van der Waals surface area contributed by atoms with Crippen molar-refractivity contribution in [3.8, 4) is 5.75 Å². The van der Waals surface area contributed by atoms with Crippen molar-refractivity contribution in [3.63, 3.8) is 0 Å². The lowest BCUT2D eigenvalue weighted by Crippen LogP contribution is -2.01. The number of rotatable bonds is 4. The second kappa shape index (κ2) is 6.24. The van der Waals surface area contributed by atoms with Crippen LogP contribution < -0.4 is 10.1 Å². The number of hydrogen-bond donors (Lipinski definition) is 1. The third-order valence-electron chi connectivity index (χ3n) is 3.64. The Balaban J connectivity index is 1.93. The number of aromatic nitrogens is 1. The van der Waals surface area contributed by atoms with Gasteiger partial charge in [-0.15, -0.1) is 0 Å². The summed E-state index contributed by atoms with van der Waals surface area (Å²) in [5.74, 6) is 0.840. The van der Waals surface area contributed by atoms with Gasteiger partial charge in [0.05, 0.1) is 12.6 Å². The molecule has 0 saturated heterocycles. The highest BCUT2D eigenvalue weighted by Gasteiger charge is 2.07. The van der Waals surface area contributed by atoms with Crippen molar-refractivity contribution in [1.29, 1.82) is 0 Å². The van der Waals surface area contributed by atoms with Crippen LogP contribution in [0.25, 0.3) is 10.9 Å². The zero-order chi connectivity index (χ0) is 15.5. The molecule has 0 spiro atoms. The number of pyridine rings is 1. The van der Waals surface area contributed by atoms with Crippen molar-refractivity contribution in [3.05, 3.63) is 64.8 Å². The molecule has 0 aliphatic heterocycles. The Hall–Kier alpha value is -2.26. The van der Waals surface area contributed by atoms with Crippen LogP contribution in [0.2, 0.25) is 5.02 Å². The third-order valence-corrected chi connectivity index (χ3v) is 3.89. The van der Waals surface area contributed by atoms with Crippen molar-refractivity contribution >= 4 is 28.2 Å². The first-order valence-corrected chi connectivity index (χ1v) is 7.47. The maximum atomic E-state index is 5.92. The van der Waals surface area contributed by atoms with Gasteiger partial charge in [-0.25, -0.2) is 0 Å². The molecule has 3 rings (SSSR count). The van der Waals surface area contributed by atoms with E-state index in [-0.39, 0.29) is 0 Å². The number of fused-ring (bicyclic) bond motifs is 1. The predicted octanol–water partition coefficient (Wildman–Crippen LogP) is 4.82. The van der Waals surface area contributed by atoms with Gasteiger partial charge < -0.3 is 10.1 Å². The van der Waals surface area contributed by atoms with Crippen LogP contribution in [0.4, 0.5) is 5.69 Å². The molecule has 0 aliphatic carbocycles. The minimum atomic E-state index is 0.729. The van der Waals surface area contributed by atoms with Crippen LogP contribution in [0.5, 0.6) is 5.75 Å². The number of methoxy groups -OCH3 is 1. The quantitative estimate of drug-likeness (QED) is 0.750. The SMILES string of the molecule is COc1cc(C)c2nccc(NCc3ccc(Cl)cc3)c2c1. The molecule has 1 aromatic heterocycles. The molecule has 0 bridgehead atoms. The number of ether oxygens (including phenoxy) is 1. The highest BCUT2D eigenvalue weighted by atomic mass is 35.5. The number of hydrogen-bond acceptors (Lipinski definition) is 3. The minimum absolute atomic E-state index is 0.729. The summed E-state index contributed by atoms with van der Waals surface area (Å²) < 4.78 is 5.36. The summed E-state index contributed by atoms with van der Waals surface area (Å²) in [5, 5.41) is 5.28. The van der Waals surface area contributed by atoms with Crippen molar-refractivity contribution in [2.75, 3.05) is 12.4 Å². The molecule has 3 nitrogen and oxygen atoms in total. The van der Waals surface area contributed by atoms with Crippen LogP contribution in [-0.4, -0.2) is 12.1 Å². The first-order valence-electron chi connectivity index (χ1n) is 7.09. The topological polar surface area (TPSA) is 34.1 Å². The molecule has 0 saturated carbocycles. The second-order valence-corrected chi connectivity index (χ2v) is 5.62. The highest BCUT2D eigenvalue weighted by molar-refractivity contribution is 6.30. The van der Waals surface area contributed by atoms with Gasteiger partial charge >= 0.3 is 0 Å². The van der Waals surface area contributed by atoms with E-state index in [0.717, 1.165) is 39.5 Å². The van der Waals surface area contributed by atoms with E-state index in [1.165, 1.54) is 5.56 Å². The number of benzene rings is 2. The fraction of sp³-hybridized carbons (Fsp3) is 0.167. The van der Waals surface area contributed by atoms with Gasteiger partial charge in [0.15, 0.2) is 0 Å². The van der Waals surface area contributed by atoms with E-state index in [0.29, 0.717) is 0 Å². The maximum absolute atomic E-state index is 5.92. The number of anilines is 1. The molecule has 2 aromatic carbocycles. The molecule has 0 radical (unpaired) electrons. The standard InChI is InChI=1S/C18H17ClN2O/c1-12-9-15(22-2)10-16-17(7-8-20-18(12)16)21-11-13-3-5-14(19)6-4-13/h3-10H,11H2,1-2H3,(H,20,21). The molecule has 1 N–H and O–H groups in total. The van der Waals surface area contributed by atoms with Crippen LogP contribution >= 0.6 is 11.6 Å². The van der Waals surface area contributed by atoms with Crippen molar-refractivity contribution in [1.82, 2.24) is 4.98 Å². The summed E-state index contributed by atoms with van der Waals surface area (Å²) in [7, 11) is 1.68. The van der Waals surface area contributed by atoms with E-state index in [1.807, 2.05) is 55.6 Å². The van der Waals surface area contributed by atoms with Gasteiger partial charge in [-0.2, -0.15) is 0 Å². The Bertz CT molecular complexity index is 800. The summed E-state index contributed by atoms with van der Waals surface area (Å²) in [4.78, 5) is 4.47. The van der Waals surface area contributed by atoms with E-state index in [1.54, 1.807) is 7.11 Å². The Morgan fingerprint density at radius 1 is 1.14 bits per heavy atom. The van der Waals surface area contributed by atoms with Gasteiger partial charge in [-0.1, -0.05) is 23.7 Å². The van der Waals surface area contributed by atoms with Crippen LogP contribution in [0, 0.1) is 6.92 Å². The zero-order valence-corrected chi connectivity index (χ0v) is 13.3. The molecule has 1 heterocycles. The second-order valence-electron chi connectivity index (χ2n) is 5.18. The summed E-state index contributed by atoms with van der Waals surface area (Å²) in [6.45, 7) is 2.77. The largest absolute Gasteiger partial charge is 0.497 e. The van der Waals surface area contributed by atoms with E-state index in [9.17, 15) is 0 Å². The molecule has 0 atom stereocenters. The Morgan fingerprint density at radius 2 is 1.91 bits per heavy atom. The van der Waals surface area contributed by atoms with Crippen molar-refractivity contribution in [2.24, 2.45) is 0 Å². The van der Waals surface area contributed by atoms with Crippen molar-refractivity contribution < 1.29 is 4.74 Å². The molecule has 0 unspecified atom stereocenters. The lowest BCUT2D eigenvalue weighted by Gasteiger charge is -2.12. The fourth-order valence-electron chi connectivity index (χ4n) is 2.47. The average molecular weight is 313 g/mol.